The van der Waals surface area contributed by atoms with Gasteiger partial charge in [0.25, 0.3) is 0 Å². The third-order valence-electron chi connectivity index (χ3n) is 4.29. The van der Waals surface area contributed by atoms with Gasteiger partial charge in [-0.05, 0) is 32.9 Å². The van der Waals surface area contributed by atoms with E-state index in [1.807, 2.05) is 4.68 Å². The summed E-state index contributed by atoms with van der Waals surface area (Å²) in [6.07, 6.45) is 1.66. The molecule has 5 nitrogen and oxygen atoms in total. The van der Waals surface area contributed by atoms with Crippen LogP contribution in [0.25, 0.3) is 0 Å². The topological polar surface area (TPSA) is 37.2 Å². The SMILES string of the molecule is CCn1ncnc1CN1C[C@@H](N(C)C)[C@H](C(C)C)C1. The van der Waals surface area contributed by atoms with Crippen LogP contribution >= 0.6 is 0 Å². The van der Waals surface area contributed by atoms with Gasteiger partial charge in [-0.25, -0.2) is 9.67 Å². The summed E-state index contributed by atoms with van der Waals surface area (Å²) < 4.78 is 1.99. The predicted molar refractivity (Wildman–Crippen MR) is 76.8 cm³/mol. The largest absolute Gasteiger partial charge is 0.305 e. The van der Waals surface area contributed by atoms with E-state index in [1.165, 1.54) is 0 Å². The monoisotopic (exact) mass is 265 g/mol. The zero-order valence-corrected chi connectivity index (χ0v) is 12.9. The Morgan fingerprint density at radius 3 is 2.63 bits per heavy atom. The van der Waals surface area contributed by atoms with Gasteiger partial charge in [0.1, 0.15) is 12.2 Å². The molecule has 108 valence electrons. The molecule has 0 bridgehead atoms. The van der Waals surface area contributed by atoms with Crippen molar-refractivity contribution >= 4 is 0 Å². The van der Waals surface area contributed by atoms with Gasteiger partial charge in [0.05, 0.1) is 6.54 Å². The van der Waals surface area contributed by atoms with Crippen LogP contribution in [0.2, 0.25) is 0 Å². The zero-order chi connectivity index (χ0) is 14.0. The van der Waals surface area contributed by atoms with Crippen LogP contribution < -0.4 is 0 Å². The Morgan fingerprint density at radius 1 is 1.37 bits per heavy atom. The molecule has 0 aromatic carbocycles. The Balaban J connectivity index is 2.03. The molecule has 2 atom stereocenters. The molecule has 0 aliphatic carbocycles. The van der Waals surface area contributed by atoms with Gasteiger partial charge < -0.3 is 4.90 Å². The van der Waals surface area contributed by atoms with E-state index in [9.17, 15) is 0 Å². The van der Waals surface area contributed by atoms with Gasteiger partial charge in [0.2, 0.25) is 0 Å². The molecule has 1 aromatic rings. The molecule has 0 N–H and O–H groups in total. The van der Waals surface area contributed by atoms with Crippen LogP contribution in [-0.2, 0) is 13.1 Å². The third kappa shape index (κ3) is 3.15. The molecule has 1 aromatic heterocycles. The minimum atomic E-state index is 0.651. The summed E-state index contributed by atoms with van der Waals surface area (Å²) in [6, 6.07) is 0.651. The lowest BCUT2D eigenvalue weighted by atomic mass is 9.91. The van der Waals surface area contributed by atoms with Gasteiger partial charge in [-0.15, -0.1) is 0 Å². The Morgan fingerprint density at radius 2 is 2.11 bits per heavy atom. The molecule has 1 aliphatic heterocycles. The fourth-order valence-electron chi connectivity index (χ4n) is 3.10. The molecule has 5 heteroatoms. The van der Waals surface area contributed by atoms with Crippen molar-refractivity contribution in [3.63, 3.8) is 0 Å². The van der Waals surface area contributed by atoms with Crippen molar-refractivity contribution in [2.24, 2.45) is 11.8 Å². The Bertz CT molecular complexity index is 382. The summed E-state index contributed by atoms with van der Waals surface area (Å²) in [5.74, 6) is 2.55. The highest BCUT2D eigenvalue weighted by Crippen LogP contribution is 2.27. The fraction of sp³-hybridized carbons (Fsp3) is 0.857. The molecule has 1 aliphatic rings. The molecule has 1 fully saturated rings. The maximum atomic E-state index is 4.39. The van der Waals surface area contributed by atoms with Crippen LogP contribution in [-0.4, -0.2) is 57.8 Å². The highest BCUT2D eigenvalue weighted by molar-refractivity contribution is 4.94. The second-order valence-electron chi connectivity index (χ2n) is 6.12. The number of likely N-dealkylation sites (tertiary alicyclic amines) is 1. The Kier molecular flexibility index (Phi) is 4.58. The third-order valence-corrected chi connectivity index (χ3v) is 4.29. The first-order chi connectivity index (χ1) is 9.02. The highest BCUT2D eigenvalue weighted by atomic mass is 15.4. The molecule has 0 spiro atoms. The number of aromatic nitrogens is 3. The van der Waals surface area contributed by atoms with Crippen molar-refractivity contribution in [2.45, 2.75) is 39.9 Å². The van der Waals surface area contributed by atoms with Crippen molar-refractivity contribution < 1.29 is 0 Å². The van der Waals surface area contributed by atoms with Gasteiger partial charge in [-0.3, -0.25) is 4.90 Å². The number of hydrogen-bond acceptors (Lipinski definition) is 4. The summed E-state index contributed by atoms with van der Waals surface area (Å²) in [7, 11) is 4.39. The molecule has 2 heterocycles. The van der Waals surface area contributed by atoms with Crippen molar-refractivity contribution in [3.8, 4) is 0 Å². The maximum absolute atomic E-state index is 4.39. The summed E-state index contributed by atoms with van der Waals surface area (Å²) in [6.45, 7) is 10.9. The second kappa shape index (κ2) is 6.01. The van der Waals surface area contributed by atoms with Crippen LogP contribution in [0, 0.1) is 11.8 Å². The van der Waals surface area contributed by atoms with E-state index in [1.54, 1.807) is 6.33 Å². The van der Waals surface area contributed by atoms with Crippen LogP contribution in [0.5, 0.6) is 0 Å². The lowest BCUT2D eigenvalue weighted by molar-refractivity contribution is 0.215. The maximum Gasteiger partial charge on any atom is 0.140 e. The van der Waals surface area contributed by atoms with Gasteiger partial charge in [0.15, 0.2) is 0 Å². The van der Waals surface area contributed by atoms with Gasteiger partial charge in [0, 0.05) is 25.7 Å². The lowest BCUT2D eigenvalue weighted by Crippen LogP contribution is -2.37. The molecule has 19 heavy (non-hydrogen) atoms. The summed E-state index contributed by atoms with van der Waals surface area (Å²) in [5.41, 5.74) is 0. The van der Waals surface area contributed by atoms with Crippen molar-refractivity contribution in [3.05, 3.63) is 12.2 Å². The molecule has 2 rings (SSSR count). The number of aryl methyl sites for hydroxylation is 1. The van der Waals surface area contributed by atoms with E-state index < -0.39 is 0 Å². The standard InChI is InChI=1S/C14H27N5/c1-6-19-14(15-10-16-19)9-18-7-12(11(2)3)13(8-18)17(4)5/h10-13H,6-9H2,1-5H3/t12-,13+/m0/s1. The Labute approximate surface area is 116 Å². The van der Waals surface area contributed by atoms with Crippen LogP contribution in [0.3, 0.4) is 0 Å². The Hall–Kier alpha value is -0.940. The lowest BCUT2D eigenvalue weighted by Gasteiger charge is -2.27. The number of hydrogen-bond donors (Lipinski definition) is 0. The van der Waals surface area contributed by atoms with E-state index in [4.69, 9.17) is 0 Å². The van der Waals surface area contributed by atoms with Gasteiger partial charge in [-0.1, -0.05) is 13.8 Å². The van der Waals surface area contributed by atoms with Crippen molar-refractivity contribution in [1.29, 1.82) is 0 Å². The average Bonchev–Trinajstić information content (AvgIpc) is 2.95. The number of nitrogens with zero attached hydrogens (tertiary/aromatic N) is 5. The fourth-order valence-corrected chi connectivity index (χ4v) is 3.10. The van der Waals surface area contributed by atoms with Crippen LogP contribution in [0.4, 0.5) is 0 Å². The highest BCUT2D eigenvalue weighted by Gasteiger charge is 2.36. The molecule has 0 saturated carbocycles. The zero-order valence-electron chi connectivity index (χ0n) is 12.9. The van der Waals surface area contributed by atoms with E-state index in [-0.39, 0.29) is 0 Å². The predicted octanol–water partition coefficient (Wildman–Crippen LogP) is 1.32. The van der Waals surface area contributed by atoms with E-state index >= 15 is 0 Å². The van der Waals surface area contributed by atoms with E-state index in [2.05, 4.69) is 54.7 Å². The molecule has 0 amide bonds. The number of likely N-dealkylation sites (N-methyl/N-ethyl adjacent to an activating group) is 1. The summed E-state index contributed by atoms with van der Waals surface area (Å²) in [5, 5.41) is 4.25. The molecular weight excluding hydrogens is 238 g/mol. The minimum Gasteiger partial charge on any atom is -0.305 e. The quantitative estimate of drug-likeness (QED) is 0.804. The smallest absolute Gasteiger partial charge is 0.140 e. The molecule has 1 saturated heterocycles. The first-order valence-corrected chi connectivity index (χ1v) is 7.28. The molecule has 0 radical (unpaired) electrons. The van der Waals surface area contributed by atoms with E-state index in [0.717, 1.165) is 43.8 Å². The average molecular weight is 265 g/mol. The second-order valence-corrected chi connectivity index (χ2v) is 6.12. The minimum absolute atomic E-state index is 0.651. The molecule has 0 unspecified atom stereocenters. The first kappa shape index (κ1) is 14.5. The number of rotatable bonds is 5. The van der Waals surface area contributed by atoms with Crippen LogP contribution in [0.1, 0.15) is 26.6 Å². The molecular formula is C14H27N5. The van der Waals surface area contributed by atoms with Crippen LogP contribution in [0.15, 0.2) is 6.33 Å². The summed E-state index contributed by atoms with van der Waals surface area (Å²) >= 11 is 0. The van der Waals surface area contributed by atoms with Crippen molar-refractivity contribution in [1.82, 2.24) is 24.6 Å². The summed E-state index contributed by atoms with van der Waals surface area (Å²) in [4.78, 5) is 9.28. The first-order valence-electron chi connectivity index (χ1n) is 7.28. The van der Waals surface area contributed by atoms with E-state index in [0.29, 0.717) is 6.04 Å². The normalized spacial score (nSPS) is 24.8. The van der Waals surface area contributed by atoms with Gasteiger partial charge in [-0.2, -0.15) is 5.10 Å². The van der Waals surface area contributed by atoms with Gasteiger partial charge >= 0.3 is 0 Å². The van der Waals surface area contributed by atoms with Crippen molar-refractivity contribution in [2.75, 3.05) is 27.2 Å².